The van der Waals surface area contributed by atoms with Gasteiger partial charge in [-0.3, -0.25) is 4.98 Å². The molecule has 0 spiro atoms. The second-order valence-corrected chi connectivity index (χ2v) is 3.45. The Kier molecular flexibility index (Phi) is 2.97. The van der Waals surface area contributed by atoms with Crippen molar-refractivity contribution in [2.45, 2.75) is 5.88 Å². The lowest BCUT2D eigenvalue weighted by Gasteiger charge is -2.04. The fraction of sp³-hybridized carbons (Fsp3) is 0.0833. The molecule has 0 N–H and O–H groups in total. The predicted molar refractivity (Wildman–Crippen MR) is 59.2 cm³/mol. The Morgan fingerprint density at radius 1 is 1.13 bits per heavy atom. The van der Waals surface area contributed by atoms with Crippen molar-refractivity contribution >= 4 is 11.6 Å². The molecule has 0 aliphatic heterocycles. The van der Waals surface area contributed by atoms with E-state index in [1.807, 2.05) is 0 Å². The van der Waals surface area contributed by atoms with Crippen LogP contribution in [0.4, 0.5) is 4.39 Å². The monoisotopic (exact) mass is 221 g/mol. The first-order valence-corrected chi connectivity index (χ1v) is 5.09. The topological polar surface area (TPSA) is 12.9 Å². The zero-order chi connectivity index (χ0) is 10.7. The average molecular weight is 222 g/mol. The van der Waals surface area contributed by atoms with Crippen LogP contribution in [-0.4, -0.2) is 4.98 Å². The fourth-order valence-corrected chi connectivity index (χ4v) is 1.57. The van der Waals surface area contributed by atoms with E-state index in [2.05, 4.69) is 4.98 Å². The van der Waals surface area contributed by atoms with E-state index < -0.39 is 0 Å². The van der Waals surface area contributed by atoms with Crippen molar-refractivity contribution in [1.29, 1.82) is 0 Å². The quantitative estimate of drug-likeness (QED) is 0.706. The fourth-order valence-electron chi connectivity index (χ4n) is 1.41. The van der Waals surface area contributed by atoms with E-state index >= 15 is 0 Å². The minimum atomic E-state index is -0.241. The second-order valence-electron chi connectivity index (χ2n) is 3.18. The number of rotatable bonds is 2. The summed E-state index contributed by atoms with van der Waals surface area (Å²) >= 11 is 5.70. The maximum Gasteiger partial charge on any atom is 0.131 e. The van der Waals surface area contributed by atoms with Crippen LogP contribution >= 0.6 is 11.6 Å². The van der Waals surface area contributed by atoms with Gasteiger partial charge in [0.05, 0.1) is 0 Å². The molecule has 3 heteroatoms. The number of halogens is 2. The van der Waals surface area contributed by atoms with Crippen LogP contribution in [0.25, 0.3) is 11.1 Å². The molecule has 0 radical (unpaired) electrons. The number of benzene rings is 1. The molecule has 1 aromatic carbocycles. The molecular formula is C12H9ClFN. The zero-order valence-electron chi connectivity index (χ0n) is 7.95. The van der Waals surface area contributed by atoms with Crippen LogP contribution in [0, 0.1) is 5.82 Å². The lowest BCUT2D eigenvalue weighted by molar-refractivity contribution is 0.631. The Balaban J connectivity index is 2.52. The molecule has 0 saturated heterocycles. The maximum absolute atomic E-state index is 13.5. The second kappa shape index (κ2) is 4.41. The summed E-state index contributed by atoms with van der Waals surface area (Å²) in [5.41, 5.74) is 2.29. The highest BCUT2D eigenvalue weighted by molar-refractivity contribution is 6.17. The molecular weight excluding hydrogens is 213 g/mol. The summed E-state index contributed by atoms with van der Waals surface area (Å²) in [4.78, 5) is 3.89. The summed E-state index contributed by atoms with van der Waals surface area (Å²) in [7, 11) is 0. The lowest BCUT2D eigenvalue weighted by atomic mass is 10.0. The molecule has 15 heavy (non-hydrogen) atoms. The van der Waals surface area contributed by atoms with Gasteiger partial charge in [0.25, 0.3) is 0 Å². The number of nitrogens with zero attached hydrogens (tertiary/aromatic N) is 1. The van der Waals surface area contributed by atoms with Crippen LogP contribution < -0.4 is 0 Å². The van der Waals surface area contributed by atoms with Gasteiger partial charge in [-0.25, -0.2) is 4.39 Å². The molecule has 1 heterocycles. The summed E-state index contributed by atoms with van der Waals surface area (Å²) in [6, 6.07) is 8.44. The predicted octanol–water partition coefficient (Wildman–Crippen LogP) is 3.63. The molecule has 0 unspecified atom stereocenters. The van der Waals surface area contributed by atoms with E-state index in [0.29, 0.717) is 11.4 Å². The molecule has 2 aromatic rings. The van der Waals surface area contributed by atoms with Crippen molar-refractivity contribution in [3.63, 3.8) is 0 Å². The number of alkyl halides is 1. The SMILES string of the molecule is Fc1ccc(CCl)cc1-c1ccncc1. The van der Waals surface area contributed by atoms with E-state index in [1.165, 1.54) is 6.07 Å². The molecule has 0 saturated carbocycles. The summed E-state index contributed by atoms with van der Waals surface area (Å²) in [6.07, 6.45) is 3.28. The molecule has 0 fully saturated rings. The Morgan fingerprint density at radius 3 is 2.53 bits per heavy atom. The molecule has 0 aliphatic rings. The van der Waals surface area contributed by atoms with Gasteiger partial charge in [0, 0.05) is 23.8 Å². The van der Waals surface area contributed by atoms with Crippen LogP contribution in [0.5, 0.6) is 0 Å². The van der Waals surface area contributed by atoms with Crippen molar-refractivity contribution in [2.75, 3.05) is 0 Å². The summed E-state index contributed by atoms with van der Waals surface area (Å²) < 4.78 is 13.5. The van der Waals surface area contributed by atoms with Crippen LogP contribution in [0.1, 0.15) is 5.56 Å². The Labute approximate surface area is 92.5 Å². The third kappa shape index (κ3) is 2.16. The first-order chi connectivity index (χ1) is 7.31. The molecule has 2 rings (SSSR count). The molecule has 1 aromatic heterocycles. The highest BCUT2D eigenvalue weighted by atomic mass is 35.5. The van der Waals surface area contributed by atoms with Gasteiger partial charge in [0.15, 0.2) is 0 Å². The summed E-state index contributed by atoms with van der Waals surface area (Å²) in [5.74, 6) is 0.147. The van der Waals surface area contributed by atoms with Crippen molar-refractivity contribution in [1.82, 2.24) is 4.98 Å². The third-order valence-electron chi connectivity index (χ3n) is 2.18. The van der Waals surface area contributed by atoms with Crippen LogP contribution in [0.15, 0.2) is 42.7 Å². The number of hydrogen-bond acceptors (Lipinski definition) is 1. The van der Waals surface area contributed by atoms with Crippen molar-refractivity contribution in [3.05, 3.63) is 54.1 Å². The van der Waals surface area contributed by atoms with Crippen LogP contribution in [-0.2, 0) is 5.88 Å². The highest BCUT2D eigenvalue weighted by Gasteiger charge is 2.05. The van der Waals surface area contributed by atoms with Gasteiger partial charge in [-0.1, -0.05) is 6.07 Å². The van der Waals surface area contributed by atoms with Gasteiger partial charge in [-0.15, -0.1) is 11.6 Å². The van der Waals surface area contributed by atoms with E-state index in [-0.39, 0.29) is 5.82 Å². The smallest absolute Gasteiger partial charge is 0.131 e. The van der Waals surface area contributed by atoms with Crippen molar-refractivity contribution < 1.29 is 4.39 Å². The van der Waals surface area contributed by atoms with E-state index in [0.717, 1.165) is 11.1 Å². The summed E-state index contributed by atoms with van der Waals surface area (Å²) in [5, 5.41) is 0. The zero-order valence-corrected chi connectivity index (χ0v) is 8.71. The maximum atomic E-state index is 13.5. The minimum absolute atomic E-state index is 0.241. The molecule has 0 atom stereocenters. The van der Waals surface area contributed by atoms with E-state index in [4.69, 9.17) is 11.6 Å². The Morgan fingerprint density at radius 2 is 1.87 bits per heavy atom. The standard InChI is InChI=1S/C12H9ClFN/c13-8-9-1-2-12(14)11(7-9)10-3-5-15-6-4-10/h1-7H,8H2. The Bertz CT molecular complexity index is 456. The van der Waals surface area contributed by atoms with Crippen molar-refractivity contribution in [2.24, 2.45) is 0 Å². The van der Waals surface area contributed by atoms with Crippen molar-refractivity contribution in [3.8, 4) is 11.1 Å². The van der Waals surface area contributed by atoms with E-state index in [9.17, 15) is 4.39 Å². The van der Waals surface area contributed by atoms with E-state index in [1.54, 1.807) is 36.7 Å². The van der Waals surface area contributed by atoms with Gasteiger partial charge in [0.1, 0.15) is 5.82 Å². The first-order valence-electron chi connectivity index (χ1n) is 4.56. The van der Waals surface area contributed by atoms with Gasteiger partial charge in [0.2, 0.25) is 0 Å². The minimum Gasteiger partial charge on any atom is -0.265 e. The molecule has 1 nitrogen and oxygen atoms in total. The molecule has 0 bridgehead atoms. The summed E-state index contributed by atoms with van der Waals surface area (Å²) in [6.45, 7) is 0. The first kappa shape index (κ1) is 10.1. The Hall–Kier alpha value is -1.41. The molecule has 0 aliphatic carbocycles. The van der Waals surface area contributed by atoms with Gasteiger partial charge in [-0.05, 0) is 35.4 Å². The number of hydrogen-bond donors (Lipinski definition) is 0. The normalized spacial score (nSPS) is 10.3. The van der Waals surface area contributed by atoms with Crippen LogP contribution in [0.2, 0.25) is 0 Å². The van der Waals surface area contributed by atoms with Gasteiger partial charge in [-0.2, -0.15) is 0 Å². The van der Waals surface area contributed by atoms with Gasteiger partial charge >= 0.3 is 0 Å². The molecule has 0 amide bonds. The number of pyridine rings is 1. The highest BCUT2D eigenvalue weighted by Crippen LogP contribution is 2.23. The third-order valence-corrected chi connectivity index (χ3v) is 2.49. The lowest BCUT2D eigenvalue weighted by Crippen LogP contribution is -1.87. The number of aromatic nitrogens is 1. The molecule has 76 valence electrons. The largest absolute Gasteiger partial charge is 0.265 e. The average Bonchev–Trinajstić information content (AvgIpc) is 2.31. The van der Waals surface area contributed by atoms with Gasteiger partial charge < -0.3 is 0 Å². The van der Waals surface area contributed by atoms with Crippen LogP contribution in [0.3, 0.4) is 0 Å².